The zero-order valence-electron chi connectivity index (χ0n) is 13.6. The van der Waals surface area contributed by atoms with E-state index in [1.807, 2.05) is 19.2 Å². The summed E-state index contributed by atoms with van der Waals surface area (Å²) in [5.74, 6) is 0. The van der Waals surface area contributed by atoms with E-state index in [2.05, 4.69) is 10.1 Å². The minimum atomic E-state index is -3.69. The number of thioether (sulfide) groups is 1. The van der Waals surface area contributed by atoms with E-state index in [1.54, 1.807) is 42.5 Å². The highest BCUT2D eigenvalue weighted by Crippen LogP contribution is 2.36. The lowest BCUT2D eigenvalue weighted by Crippen LogP contribution is -2.04. The molecule has 4 rings (SSSR count). The third-order valence-corrected chi connectivity index (χ3v) is 6.55. The van der Waals surface area contributed by atoms with Gasteiger partial charge in [0.15, 0.2) is 5.58 Å². The van der Waals surface area contributed by atoms with E-state index in [0.29, 0.717) is 21.5 Å². The molecule has 2 aromatic carbocycles. The van der Waals surface area contributed by atoms with Crippen LogP contribution >= 0.6 is 11.8 Å². The molecule has 0 radical (unpaired) electrons. The predicted molar refractivity (Wildman–Crippen MR) is 97.7 cm³/mol. The standard InChI is InChI=1S/C18H14N2O3S2/c1-11-15-17(23-20-11)13-9-6-10-14(16(13)19-18(15)24-2)25(21,22)12-7-4-3-5-8-12/h3-10H,1-2H3. The maximum atomic E-state index is 13.1. The Hall–Kier alpha value is -2.38. The number of aromatic nitrogens is 2. The summed E-state index contributed by atoms with van der Waals surface area (Å²) in [5, 5.41) is 6.20. The van der Waals surface area contributed by atoms with Crippen molar-refractivity contribution < 1.29 is 12.9 Å². The maximum absolute atomic E-state index is 13.1. The molecule has 5 nitrogen and oxygen atoms in total. The van der Waals surface area contributed by atoms with Gasteiger partial charge in [0, 0.05) is 5.39 Å². The summed E-state index contributed by atoms with van der Waals surface area (Å²) >= 11 is 1.44. The number of pyridine rings is 1. The fourth-order valence-electron chi connectivity index (χ4n) is 2.87. The molecule has 0 spiro atoms. The van der Waals surface area contributed by atoms with E-state index in [0.717, 1.165) is 11.1 Å². The normalized spacial score (nSPS) is 12.1. The molecule has 0 aliphatic carbocycles. The summed E-state index contributed by atoms with van der Waals surface area (Å²) in [5.41, 5.74) is 1.71. The molecular formula is C18H14N2O3S2. The van der Waals surface area contributed by atoms with Gasteiger partial charge in [-0.1, -0.05) is 29.4 Å². The average molecular weight is 370 g/mol. The van der Waals surface area contributed by atoms with Gasteiger partial charge in [-0.25, -0.2) is 13.4 Å². The van der Waals surface area contributed by atoms with Gasteiger partial charge in [0.25, 0.3) is 0 Å². The van der Waals surface area contributed by atoms with Crippen molar-refractivity contribution in [3.63, 3.8) is 0 Å². The van der Waals surface area contributed by atoms with Crippen LogP contribution in [0.1, 0.15) is 5.69 Å². The van der Waals surface area contributed by atoms with Gasteiger partial charge >= 0.3 is 0 Å². The predicted octanol–water partition coefficient (Wildman–Crippen LogP) is 4.24. The smallest absolute Gasteiger partial charge is 0.208 e. The first-order valence-electron chi connectivity index (χ1n) is 7.57. The van der Waals surface area contributed by atoms with Gasteiger partial charge in [-0.05, 0) is 37.4 Å². The summed E-state index contributed by atoms with van der Waals surface area (Å²) in [6.07, 6.45) is 1.90. The highest BCUT2D eigenvalue weighted by atomic mass is 32.2. The number of benzene rings is 2. The molecule has 2 aromatic heterocycles. The van der Waals surface area contributed by atoms with Gasteiger partial charge in [-0.15, -0.1) is 11.8 Å². The Balaban J connectivity index is 2.12. The minimum Gasteiger partial charge on any atom is -0.355 e. The van der Waals surface area contributed by atoms with Crippen molar-refractivity contribution in [2.24, 2.45) is 0 Å². The largest absolute Gasteiger partial charge is 0.355 e. The van der Waals surface area contributed by atoms with Crippen LogP contribution in [-0.4, -0.2) is 24.8 Å². The molecule has 126 valence electrons. The van der Waals surface area contributed by atoms with Crippen molar-refractivity contribution in [3.8, 4) is 0 Å². The molecule has 0 bridgehead atoms. The van der Waals surface area contributed by atoms with Crippen LogP contribution in [0.4, 0.5) is 0 Å². The molecule has 0 amide bonds. The van der Waals surface area contributed by atoms with Crippen LogP contribution in [0.25, 0.3) is 21.9 Å². The SMILES string of the molecule is CSc1nc2c(S(=O)(=O)c3ccccc3)cccc2c2onc(C)c12. The van der Waals surface area contributed by atoms with Crippen LogP contribution in [0.15, 0.2) is 67.9 Å². The molecule has 0 fully saturated rings. The van der Waals surface area contributed by atoms with Gasteiger partial charge in [0.1, 0.15) is 5.03 Å². The zero-order valence-corrected chi connectivity index (χ0v) is 15.2. The maximum Gasteiger partial charge on any atom is 0.208 e. The number of sulfone groups is 1. The summed E-state index contributed by atoms with van der Waals surface area (Å²) in [6, 6.07) is 13.5. The summed E-state index contributed by atoms with van der Waals surface area (Å²) in [6.45, 7) is 1.85. The highest BCUT2D eigenvalue weighted by Gasteiger charge is 2.24. The summed E-state index contributed by atoms with van der Waals surface area (Å²) in [7, 11) is -3.69. The van der Waals surface area contributed by atoms with E-state index in [1.165, 1.54) is 11.8 Å². The fourth-order valence-corrected chi connectivity index (χ4v) is 4.94. The van der Waals surface area contributed by atoms with E-state index >= 15 is 0 Å². The molecule has 0 N–H and O–H groups in total. The molecule has 7 heteroatoms. The van der Waals surface area contributed by atoms with Crippen LogP contribution in [0, 0.1) is 6.92 Å². The number of aryl methyl sites for hydroxylation is 1. The Kier molecular flexibility index (Phi) is 3.77. The number of rotatable bonds is 3. The highest BCUT2D eigenvalue weighted by molar-refractivity contribution is 7.98. The molecule has 0 saturated heterocycles. The lowest BCUT2D eigenvalue weighted by molar-refractivity contribution is 0.452. The fraction of sp³-hybridized carbons (Fsp3) is 0.111. The zero-order chi connectivity index (χ0) is 17.6. The molecule has 0 aliphatic heterocycles. The van der Waals surface area contributed by atoms with Gasteiger partial charge in [0.2, 0.25) is 9.84 Å². The van der Waals surface area contributed by atoms with Crippen molar-refractivity contribution in [1.29, 1.82) is 0 Å². The lowest BCUT2D eigenvalue weighted by atomic mass is 10.1. The first kappa shape index (κ1) is 16.1. The summed E-state index contributed by atoms with van der Waals surface area (Å²) in [4.78, 5) is 5.04. The van der Waals surface area contributed by atoms with Crippen LogP contribution in [0.5, 0.6) is 0 Å². The molecule has 0 saturated carbocycles. The van der Waals surface area contributed by atoms with Crippen molar-refractivity contribution in [3.05, 3.63) is 54.2 Å². The minimum absolute atomic E-state index is 0.169. The van der Waals surface area contributed by atoms with Crippen molar-refractivity contribution in [1.82, 2.24) is 10.1 Å². The van der Waals surface area contributed by atoms with Crippen molar-refractivity contribution in [2.45, 2.75) is 21.7 Å². The number of nitrogens with zero attached hydrogens (tertiary/aromatic N) is 2. The molecule has 0 unspecified atom stereocenters. The number of fused-ring (bicyclic) bond motifs is 3. The Bertz CT molecular complexity index is 1200. The van der Waals surface area contributed by atoms with E-state index < -0.39 is 9.84 Å². The topological polar surface area (TPSA) is 73.1 Å². The van der Waals surface area contributed by atoms with Gasteiger partial charge in [-0.2, -0.15) is 0 Å². The molecule has 0 atom stereocenters. The van der Waals surface area contributed by atoms with Crippen molar-refractivity contribution >= 4 is 43.5 Å². The number of hydrogen-bond acceptors (Lipinski definition) is 6. The lowest BCUT2D eigenvalue weighted by Gasteiger charge is -2.09. The Morgan fingerprint density at radius 3 is 2.52 bits per heavy atom. The average Bonchev–Trinajstić information content (AvgIpc) is 3.03. The number of para-hydroxylation sites is 1. The summed E-state index contributed by atoms with van der Waals surface area (Å²) < 4.78 is 31.7. The molecule has 2 heterocycles. The quantitative estimate of drug-likeness (QED) is 0.502. The van der Waals surface area contributed by atoms with Crippen LogP contribution in [0.3, 0.4) is 0 Å². The van der Waals surface area contributed by atoms with Crippen molar-refractivity contribution in [2.75, 3.05) is 6.26 Å². The van der Waals surface area contributed by atoms with E-state index in [-0.39, 0.29) is 9.79 Å². The second-order valence-electron chi connectivity index (χ2n) is 5.56. The molecule has 25 heavy (non-hydrogen) atoms. The Morgan fingerprint density at radius 1 is 1.04 bits per heavy atom. The molecule has 0 aliphatic rings. The Labute approximate surface area is 149 Å². The third-order valence-electron chi connectivity index (χ3n) is 4.07. The van der Waals surface area contributed by atoms with Crippen LogP contribution in [0.2, 0.25) is 0 Å². The monoisotopic (exact) mass is 370 g/mol. The van der Waals surface area contributed by atoms with Crippen LogP contribution < -0.4 is 0 Å². The first-order chi connectivity index (χ1) is 12.0. The van der Waals surface area contributed by atoms with E-state index in [9.17, 15) is 8.42 Å². The first-order valence-corrected chi connectivity index (χ1v) is 10.3. The second kappa shape index (κ2) is 5.86. The van der Waals surface area contributed by atoms with Gasteiger partial charge in [-0.3, -0.25) is 0 Å². The second-order valence-corrected chi connectivity index (χ2v) is 8.28. The Morgan fingerprint density at radius 2 is 1.80 bits per heavy atom. The molecule has 4 aromatic rings. The van der Waals surface area contributed by atoms with Gasteiger partial charge in [0.05, 0.1) is 26.4 Å². The third kappa shape index (κ3) is 2.42. The molecular weight excluding hydrogens is 356 g/mol. The van der Waals surface area contributed by atoms with E-state index in [4.69, 9.17) is 4.52 Å². The van der Waals surface area contributed by atoms with Crippen LogP contribution in [-0.2, 0) is 9.84 Å². The van der Waals surface area contributed by atoms with Gasteiger partial charge < -0.3 is 4.52 Å². The number of hydrogen-bond donors (Lipinski definition) is 0.